The molecule has 1 fully saturated rings. The fourth-order valence-electron chi connectivity index (χ4n) is 4.14. The van der Waals surface area contributed by atoms with E-state index in [0.717, 1.165) is 31.2 Å². The number of amides is 1. The standard InChI is InChI=1S/C26H28N2O4S/c1-32-22-15-17-23(18-16-22)33(30,31)28(19-20-9-3-2-4-10-20)25-14-8-7-13-24(25)26(29)27-21-11-5-6-12-21/h2-4,7-10,13-18,21H,5-6,11-12,19H2,1H3,(H,27,29). The quantitative estimate of drug-likeness (QED) is 0.521. The fraction of sp³-hybridized carbons (Fsp3) is 0.269. The highest BCUT2D eigenvalue weighted by Crippen LogP contribution is 2.30. The first-order valence-corrected chi connectivity index (χ1v) is 12.5. The van der Waals surface area contributed by atoms with E-state index in [1.165, 1.54) is 23.5 Å². The van der Waals surface area contributed by atoms with E-state index in [2.05, 4.69) is 5.32 Å². The minimum absolute atomic E-state index is 0.100. The van der Waals surface area contributed by atoms with Crippen molar-refractivity contribution < 1.29 is 17.9 Å². The van der Waals surface area contributed by atoms with Gasteiger partial charge in [-0.2, -0.15) is 0 Å². The van der Waals surface area contributed by atoms with Crippen molar-refractivity contribution in [1.82, 2.24) is 5.32 Å². The number of methoxy groups -OCH3 is 1. The van der Waals surface area contributed by atoms with Crippen LogP contribution < -0.4 is 14.4 Å². The number of anilines is 1. The Balaban J connectivity index is 1.76. The maximum atomic E-state index is 13.8. The number of para-hydroxylation sites is 1. The smallest absolute Gasteiger partial charge is 0.264 e. The molecule has 3 aromatic carbocycles. The molecule has 0 bridgehead atoms. The zero-order chi connectivity index (χ0) is 23.3. The Morgan fingerprint density at radius 3 is 2.24 bits per heavy atom. The first kappa shape index (κ1) is 22.9. The summed E-state index contributed by atoms with van der Waals surface area (Å²) in [5.74, 6) is 0.320. The van der Waals surface area contributed by atoms with Gasteiger partial charge in [0.2, 0.25) is 0 Å². The summed E-state index contributed by atoms with van der Waals surface area (Å²) in [6.45, 7) is 0.100. The lowest BCUT2D eigenvalue weighted by molar-refractivity contribution is 0.0938. The van der Waals surface area contributed by atoms with E-state index in [4.69, 9.17) is 4.74 Å². The molecule has 0 heterocycles. The van der Waals surface area contributed by atoms with Gasteiger partial charge in [-0.1, -0.05) is 55.3 Å². The van der Waals surface area contributed by atoms with Gasteiger partial charge in [0, 0.05) is 6.04 Å². The summed E-state index contributed by atoms with van der Waals surface area (Å²) in [6.07, 6.45) is 4.09. The fourth-order valence-corrected chi connectivity index (χ4v) is 5.61. The number of nitrogens with zero attached hydrogens (tertiary/aromatic N) is 1. The minimum atomic E-state index is -3.96. The number of ether oxygens (including phenoxy) is 1. The van der Waals surface area contributed by atoms with Crippen LogP contribution in [0.25, 0.3) is 0 Å². The number of sulfonamides is 1. The van der Waals surface area contributed by atoms with E-state index in [-0.39, 0.29) is 23.4 Å². The molecular formula is C26H28N2O4S. The molecule has 0 radical (unpaired) electrons. The maximum Gasteiger partial charge on any atom is 0.264 e. The van der Waals surface area contributed by atoms with Crippen LogP contribution >= 0.6 is 0 Å². The molecule has 0 aromatic heterocycles. The van der Waals surface area contributed by atoms with Gasteiger partial charge >= 0.3 is 0 Å². The summed E-state index contributed by atoms with van der Waals surface area (Å²) in [5.41, 5.74) is 1.52. The number of hydrogen-bond acceptors (Lipinski definition) is 4. The molecule has 172 valence electrons. The average molecular weight is 465 g/mol. The molecule has 7 heteroatoms. The van der Waals surface area contributed by atoms with Gasteiger partial charge in [0.15, 0.2) is 0 Å². The van der Waals surface area contributed by atoms with Gasteiger partial charge in [0.05, 0.1) is 29.8 Å². The van der Waals surface area contributed by atoms with E-state index in [9.17, 15) is 13.2 Å². The molecule has 1 amide bonds. The number of carbonyl (C=O) groups excluding carboxylic acids is 1. The number of hydrogen-bond donors (Lipinski definition) is 1. The Bertz CT molecular complexity index is 1190. The Morgan fingerprint density at radius 2 is 1.58 bits per heavy atom. The summed E-state index contributed by atoms with van der Waals surface area (Å²) in [7, 11) is -2.43. The molecule has 1 saturated carbocycles. The van der Waals surface area contributed by atoms with Crippen molar-refractivity contribution in [2.24, 2.45) is 0 Å². The van der Waals surface area contributed by atoms with Crippen molar-refractivity contribution in [3.63, 3.8) is 0 Å². The molecule has 0 spiro atoms. The van der Waals surface area contributed by atoms with Gasteiger partial charge in [-0.3, -0.25) is 9.10 Å². The largest absolute Gasteiger partial charge is 0.497 e. The topological polar surface area (TPSA) is 75.7 Å². The highest BCUT2D eigenvalue weighted by Gasteiger charge is 2.29. The Labute approximate surface area is 195 Å². The van der Waals surface area contributed by atoms with E-state index >= 15 is 0 Å². The van der Waals surface area contributed by atoms with Crippen LogP contribution in [0.1, 0.15) is 41.6 Å². The molecule has 1 N–H and O–H groups in total. The van der Waals surface area contributed by atoms with Crippen LogP contribution in [0.15, 0.2) is 83.8 Å². The van der Waals surface area contributed by atoms with Gasteiger partial charge in [0.1, 0.15) is 5.75 Å². The summed E-state index contributed by atoms with van der Waals surface area (Å²) in [5, 5.41) is 3.08. The second kappa shape index (κ2) is 10.1. The SMILES string of the molecule is COc1ccc(S(=O)(=O)N(Cc2ccccc2)c2ccccc2C(=O)NC2CCCC2)cc1. The summed E-state index contributed by atoms with van der Waals surface area (Å²) < 4.78 is 34.1. The molecule has 6 nitrogen and oxygen atoms in total. The van der Waals surface area contributed by atoms with E-state index in [1.54, 1.807) is 36.4 Å². The van der Waals surface area contributed by atoms with E-state index < -0.39 is 10.0 Å². The summed E-state index contributed by atoms with van der Waals surface area (Å²) in [4.78, 5) is 13.3. The van der Waals surface area contributed by atoms with Crippen LogP contribution in [0, 0.1) is 0 Å². The number of carbonyl (C=O) groups is 1. The summed E-state index contributed by atoms with van der Waals surface area (Å²) >= 11 is 0. The molecule has 3 aromatic rings. The van der Waals surface area contributed by atoms with Crippen molar-refractivity contribution in [2.45, 2.75) is 43.2 Å². The van der Waals surface area contributed by atoms with E-state index in [0.29, 0.717) is 17.0 Å². The third kappa shape index (κ3) is 5.20. The lowest BCUT2D eigenvalue weighted by Crippen LogP contribution is -2.36. The third-order valence-electron chi connectivity index (χ3n) is 5.92. The van der Waals surface area contributed by atoms with Crippen molar-refractivity contribution in [3.05, 3.63) is 90.0 Å². The molecule has 0 saturated heterocycles. The Morgan fingerprint density at radius 1 is 0.939 bits per heavy atom. The molecule has 0 unspecified atom stereocenters. The second-order valence-corrected chi connectivity index (χ2v) is 10.0. The first-order chi connectivity index (χ1) is 16.0. The number of rotatable bonds is 8. The van der Waals surface area contributed by atoms with Crippen molar-refractivity contribution >= 4 is 21.6 Å². The van der Waals surface area contributed by atoms with Crippen molar-refractivity contribution in [1.29, 1.82) is 0 Å². The Hall–Kier alpha value is -3.32. The van der Waals surface area contributed by atoms with Crippen LogP contribution in [0.4, 0.5) is 5.69 Å². The predicted molar refractivity (Wildman–Crippen MR) is 129 cm³/mol. The first-order valence-electron chi connectivity index (χ1n) is 11.1. The van der Waals surface area contributed by atoms with Crippen LogP contribution in [-0.2, 0) is 16.6 Å². The zero-order valence-electron chi connectivity index (χ0n) is 18.6. The van der Waals surface area contributed by atoms with Crippen LogP contribution in [0.2, 0.25) is 0 Å². The molecule has 0 aliphatic heterocycles. The van der Waals surface area contributed by atoms with Gasteiger partial charge in [0.25, 0.3) is 15.9 Å². The number of nitrogens with one attached hydrogen (secondary N) is 1. The second-order valence-electron chi connectivity index (χ2n) is 8.14. The van der Waals surface area contributed by atoms with Crippen LogP contribution in [-0.4, -0.2) is 27.5 Å². The van der Waals surface area contributed by atoms with Gasteiger partial charge in [-0.25, -0.2) is 8.42 Å². The molecule has 0 atom stereocenters. The molecule has 1 aliphatic carbocycles. The molecule has 1 aliphatic rings. The molecule has 33 heavy (non-hydrogen) atoms. The lowest BCUT2D eigenvalue weighted by atomic mass is 10.1. The molecular weight excluding hydrogens is 436 g/mol. The van der Waals surface area contributed by atoms with E-state index in [1.807, 2.05) is 30.3 Å². The third-order valence-corrected chi connectivity index (χ3v) is 7.70. The lowest BCUT2D eigenvalue weighted by Gasteiger charge is -2.27. The minimum Gasteiger partial charge on any atom is -0.497 e. The average Bonchev–Trinajstić information content (AvgIpc) is 3.36. The highest BCUT2D eigenvalue weighted by atomic mass is 32.2. The number of benzene rings is 3. The van der Waals surface area contributed by atoms with Crippen LogP contribution in [0.3, 0.4) is 0 Å². The maximum absolute atomic E-state index is 13.8. The van der Waals surface area contributed by atoms with Gasteiger partial charge in [-0.15, -0.1) is 0 Å². The van der Waals surface area contributed by atoms with Crippen LogP contribution in [0.5, 0.6) is 5.75 Å². The molecule has 4 rings (SSSR count). The van der Waals surface area contributed by atoms with Crippen molar-refractivity contribution in [3.8, 4) is 5.75 Å². The summed E-state index contributed by atoms with van der Waals surface area (Å²) in [6, 6.07) is 22.7. The highest BCUT2D eigenvalue weighted by molar-refractivity contribution is 7.92. The van der Waals surface area contributed by atoms with Crippen molar-refractivity contribution in [2.75, 3.05) is 11.4 Å². The van der Waals surface area contributed by atoms with Gasteiger partial charge < -0.3 is 10.1 Å². The normalized spacial score (nSPS) is 14.1. The predicted octanol–water partition coefficient (Wildman–Crippen LogP) is 4.76. The monoisotopic (exact) mass is 464 g/mol. The van der Waals surface area contributed by atoms with Gasteiger partial charge in [-0.05, 0) is 54.8 Å². The Kier molecular flexibility index (Phi) is 6.99. The zero-order valence-corrected chi connectivity index (χ0v) is 19.4.